The summed E-state index contributed by atoms with van der Waals surface area (Å²) < 4.78 is 0. The molecule has 0 radical (unpaired) electrons. The average molecular weight is 79.0 g/mol. The van der Waals surface area contributed by atoms with E-state index >= 15 is 0 Å². The molecule has 0 aromatic heterocycles. The van der Waals surface area contributed by atoms with Gasteiger partial charge in [0.2, 0.25) is 0 Å². The molecule has 0 amide bonds. The van der Waals surface area contributed by atoms with Gasteiger partial charge in [0.1, 0.15) is 0 Å². The van der Waals surface area contributed by atoms with E-state index in [-0.39, 0.29) is 53.8 Å². The number of hydrogen-bond acceptors (Lipinski definition) is 2. The molecule has 0 spiro atoms. The molecule has 5 heteroatoms. The van der Waals surface area contributed by atoms with Gasteiger partial charge in [0.15, 0.2) is 0 Å². The first-order chi connectivity index (χ1) is 1.41. The Morgan fingerprint density at radius 2 is 1.60 bits per heavy atom. The van der Waals surface area contributed by atoms with Crippen LogP contribution in [0.1, 0.15) is 0 Å². The second-order valence-corrected chi connectivity index (χ2v) is 0.0833. The van der Waals surface area contributed by atoms with Crippen molar-refractivity contribution in [3.05, 3.63) is 10.1 Å². The fourth-order valence-electron chi connectivity index (χ4n) is 0. The van der Waals surface area contributed by atoms with Gasteiger partial charge in [-0.3, -0.25) is 10.1 Å². The molecule has 0 aromatic carbocycles. The van der Waals surface area contributed by atoms with Gasteiger partial charge in [-0.05, 0) is 0 Å². The van der Waals surface area contributed by atoms with Gasteiger partial charge in [-0.2, -0.15) is 0 Å². The summed E-state index contributed by atoms with van der Waals surface area (Å²) in [4.78, 5) is 8.12. The Balaban J connectivity index is -0.0000000200. The van der Waals surface area contributed by atoms with E-state index in [1.807, 2.05) is 0 Å². The number of hydrogen-bond donors (Lipinski definition) is 1. The van der Waals surface area contributed by atoms with E-state index in [0.717, 1.165) is 0 Å². The molecule has 0 unspecified atom stereocenters. The van der Waals surface area contributed by atoms with Crippen LogP contribution < -0.4 is 5.34 Å². The topological polar surface area (TPSA) is 54.1 Å². The Bertz CT molecular complexity index is 17.1. The van der Waals surface area contributed by atoms with Gasteiger partial charge in [0, 0.05) is 5.34 Å². The normalized spacial score (nSPS) is 2.40. The zero-order valence-corrected chi connectivity index (χ0v) is 1.32. The molecule has 0 aliphatic rings. The van der Waals surface area contributed by atoms with E-state index in [1.54, 1.807) is 0 Å². The molecule has 0 rings (SSSR count). The van der Waals surface area contributed by atoms with Crippen LogP contribution in [0.4, 0.5) is 0 Å². The van der Waals surface area contributed by atoms with Crippen LogP contribution in [0.2, 0.25) is 0 Å². The fourth-order valence-corrected chi connectivity index (χ4v) is 0. The van der Waals surface area contributed by atoms with Crippen LogP contribution >= 0.6 is 0 Å². The summed E-state index contributed by atoms with van der Waals surface area (Å²) >= 11 is 0. The Kier molecular flexibility index (Phi) is 66.7. The minimum absolute atomic E-state index is 0. The SMILES string of the molecule is O=[NH+][O-].[LiH].[NaH]. The zero-order valence-electron chi connectivity index (χ0n) is 1.32. The second kappa shape index (κ2) is 20.0. The molecule has 1 N–H and O–H groups in total. The summed E-state index contributed by atoms with van der Waals surface area (Å²) in [7, 11) is 0. The van der Waals surface area contributed by atoms with Gasteiger partial charge < -0.3 is 0 Å². The Morgan fingerprint density at radius 1 is 1.60 bits per heavy atom. The summed E-state index contributed by atoms with van der Waals surface area (Å²) in [5.41, 5.74) is 0. The number of nitrogens with one attached hydrogen (secondary N) is 1. The van der Waals surface area contributed by atoms with Gasteiger partial charge >= 0.3 is 48.4 Å². The van der Waals surface area contributed by atoms with Crippen LogP contribution in [-0.2, 0) is 0 Å². The molecular formula is H3LiNNaO2. The molecule has 0 aliphatic carbocycles. The summed E-state index contributed by atoms with van der Waals surface area (Å²) in [5, 5.41) is 8.38. The maximum atomic E-state index is 8.12. The van der Waals surface area contributed by atoms with Gasteiger partial charge in [-0.1, -0.05) is 0 Å². The van der Waals surface area contributed by atoms with Crippen molar-refractivity contribution in [2.24, 2.45) is 0 Å². The summed E-state index contributed by atoms with van der Waals surface area (Å²) in [6.45, 7) is 0. The molecule has 0 aliphatic heterocycles. The molecule has 0 atom stereocenters. The van der Waals surface area contributed by atoms with Crippen molar-refractivity contribution in [2.75, 3.05) is 0 Å². The van der Waals surface area contributed by atoms with Crippen LogP contribution in [0.3, 0.4) is 0 Å². The summed E-state index contributed by atoms with van der Waals surface area (Å²) in [5.74, 6) is 0. The molecule has 0 saturated carbocycles. The summed E-state index contributed by atoms with van der Waals surface area (Å²) in [6, 6.07) is 0. The predicted molar refractivity (Wildman–Crippen MR) is 22.0 cm³/mol. The first-order valence-electron chi connectivity index (χ1n) is 0.408. The molecule has 3 nitrogen and oxygen atoms in total. The van der Waals surface area contributed by atoms with Crippen LogP contribution in [0.15, 0.2) is 0 Å². The average Bonchev–Trinajstić information content (AvgIpc) is 0.918. The van der Waals surface area contributed by atoms with Crippen LogP contribution in [-0.4, -0.2) is 48.4 Å². The molecule has 0 fully saturated rings. The molecule has 0 bridgehead atoms. The van der Waals surface area contributed by atoms with Crippen LogP contribution in [0, 0.1) is 10.1 Å². The molecule has 0 aromatic rings. The van der Waals surface area contributed by atoms with E-state index in [0.29, 0.717) is 0 Å². The van der Waals surface area contributed by atoms with Gasteiger partial charge in [-0.25, -0.2) is 0 Å². The molecular weight excluding hydrogens is 75.9 g/mol. The van der Waals surface area contributed by atoms with E-state index in [4.69, 9.17) is 10.1 Å². The first-order valence-corrected chi connectivity index (χ1v) is 0.408. The first kappa shape index (κ1) is 16.7. The van der Waals surface area contributed by atoms with Crippen molar-refractivity contribution in [1.82, 2.24) is 0 Å². The number of rotatable bonds is 0. The van der Waals surface area contributed by atoms with Gasteiger partial charge in [0.05, 0.1) is 0 Å². The fraction of sp³-hybridized carbons (Fsp3) is 0. The second-order valence-electron chi connectivity index (χ2n) is 0.0833. The third-order valence-electron chi connectivity index (χ3n) is 0. The molecule has 0 saturated heterocycles. The van der Waals surface area contributed by atoms with E-state index in [1.165, 1.54) is 0 Å². The van der Waals surface area contributed by atoms with Crippen LogP contribution in [0.25, 0.3) is 0 Å². The van der Waals surface area contributed by atoms with Gasteiger partial charge in [0.25, 0.3) is 0 Å². The van der Waals surface area contributed by atoms with E-state index in [2.05, 4.69) is 0 Å². The van der Waals surface area contributed by atoms with Crippen molar-refractivity contribution < 1.29 is 5.34 Å². The Morgan fingerprint density at radius 3 is 1.60 bits per heavy atom. The third-order valence-corrected chi connectivity index (χ3v) is 0. The summed E-state index contributed by atoms with van der Waals surface area (Å²) in [6.07, 6.45) is 0. The van der Waals surface area contributed by atoms with Crippen molar-refractivity contribution in [2.45, 2.75) is 0 Å². The molecule has 22 valence electrons. The van der Waals surface area contributed by atoms with Crippen molar-refractivity contribution in [3.63, 3.8) is 0 Å². The maximum absolute atomic E-state index is 8.12. The van der Waals surface area contributed by atoms with Crippen molar-refractivity contribution in [1.29, 1.82) is 0 Å². The molecule has 0 heterocycles. The minimum atomic E-state index is 0. The monoisotopic (exact) mass is 79.0 g/mol. The predicted octanol–water partition coefficient (Wildman–Crippen LogP) is -2.97. The Hall–Kier alpha value is 0.997. The van der Waals surface area contributed by atoms with E-state index in [9.17, 15) is 0 Å². The Labute approximate surface area is 63.5 Å². The van der Waals surface area contributed by atoms with Crippen molar-refractivity contribution >= 4 is 48.4 Å². The third kappa shape index (κ3) is 45.1. The standard InChI is InChI=1S/Li.HNO2.Na.2H/c;2-1-3;;;/h;1H;;;. The molecule has 5 heavy (non-hydrogen) atoms. The van der Waals surface area contributed by atoms with E-state index < -0.39 is 0 Å². The van der Waals surface area contributed by atoms with Gasteiger partial charge in [-0.15, -0.1) is 0 Å². The van der Waals surface area contributed by atoms with Crippen molar-refractivity contribution in [3.8, 4) is 0 Å². The zero-order chi connectivity index (χ0) is 2.71. The van der Waals surface area contributed by atoms with Crippen LogP contribution in [0.5, 0.6) is 0 Å². The quantitative estimate of drug-likeness (QED) is 0.191.